The minimum Gasteiger partial charge on any atom is -0.440 e. The maximum Gasteiger partial charge on any atom is 0.312 e. The summed E-state index contributed by atoms with van der Waals surface area (Å²) in [6, 6.07) is 7.67. The van der Waals surface area contributed by atoms with Crippen molar-refractivity contribution in [1.29, 1.82) is 0 Å². The lowest BCUT2D eigenvalue weighted by molar-refractivity contribution is -0.386. The van der Waals surface area contributed by atoms with E-state index in [0.29, 0.717) is 24.5 Å². The van der Waals surface area contributed by atoms with Crippen molar-refractivity contribution in [3.63, 3.8) is 0 Å². The molecule has 0 aliphatic carbocycles. The molecule has 9 nitrogen and oxygen atoms in total. The molecule has 146 valence electrons. The molecule has 4 rings (SSSR count). The van der Waals surface area contributed by atoms with E-state index in [0.717, 1.165) is 29.8 Å². The number of hydrogen-bond acceptors (Lipinski definition) is 6. The molecule has 0 radical (unpaired) electrons. The molecule has 0 atom stereocenters. The third kappa shape index (κ3) is 3.23. The first-order valence-electron chi connectivity index (χ1n) is 9.25. The molecule has 1 amide bonds. The minimum absolute atomic E-state index is 0.00800. The van der Waals surface area contributed by atoms with Gasteiger partial charge in [-0.05, 0) is 38.8 Å². The van der Waals surface area contributed by atoms with Crippen LogP contribution < -0.4 is 0 Å². The molecule has 2 aromatic heterocycles. The number of aromatic nitrogens is 3. The van der Waals surface area contributed by atoms with Crippen LogP contribution in [0.3, 0.4) is 0 Å². The smallest absolute Gasteiger partial charge is 0.312 e. The standard InChI is InChI=1S/C19H21N5O4/c1-12-18(24(26)27)13(2)23(21-12)11-17(25)22-9-7-14(8-10-22)19-20-15-5-3-4-6-16(15)28-19/h3-6,14H,7-11H2,1-2H3. The number of carbonyl (C=O) groups excluding carboxylic acids is 1. The number of para-hydroxylation sites is 2. The average molecular weight is 383 g/mol. The maximum atomic E-state index is 12.7. The first-order chi connectivity index (χ1) is 13.4. The van der Waals surface area contributed by atoms with E-state index in [1.807, 2.05) is 24.3 Å². The fourth-order valence-electron chi connectivity index (χ4n) is 3.77. The molecule has 1 aliphatic heterocycles. The summed E-state index contributed by atoms with van der Waals surface area (Å²) in [4.78, 5) is 29.7. The van der Waals surface area contributed by atoms with Crippen LogP contribution in [-0.4, -0.2) is 43.6 Å². The summed E-state index contributed by atoms with van der Waals surface area (Å²) in [5.74, 6) is 0.824. The molecule has 3 heterocycles. The Bertz CT molecular complexity index is 1010. The van der Waals surface area contributed by atoms with Crippen molar-refractivity contribution >= 4 is 22.7 Å². The molecule has 9 heteroatoms. The molecular formula is C19H21N5O4. The summed E-state index contributed by atoms with van der Waals surface area (Å²) in [6.45, 7) is 4.41. The molecule has 0 spiro atoms. The monoisotopic (exact) mass is 383 g/mol. The largest absolute Gasteiger partial charge is 0.440 e. The van der Waals surface area contributed by atoms with Crippen LogP contribution in [0.5, 0.6) is 0 Å². The Morgan fingerprint density at radius 1 is 1.29 bits per heavy atom. The number of rotatable bonds is 4. The molecule has 0 N–H and O–H groups in total. The van der Waals surface area contributed by atoms with E-state index in [9.17, 15) is 14.9 Å². The number of fused-ring (bicyclic) bond motifs is 1. The second-order valence-electron chi connectivity index (χ2n) is 7.11. The Kier molecular flexibility index (Phi) is 4.58. The number of likely N-dealkylation sites (tertiary alicyclic amines) is 1. The number of piperidine rings is 1. The Morgan fingerprint density at radius 3 is 2.64 bits per heavy atom. The second kappa shape index (κ2) is 7.06. The predicted molar refractivity (Wildman–Crippen MR) is 101 cm³/mol. The van der Waals surface area contributed by atoms with Crippen LogP contribution in [0.1, 0.15) is 36.0 Å². The molecule has 3 aromatic rings. The van der Waals surface area contributed by atoms with E-state index in [2.05, 4.69) is 10.1 Å². The summed E-state index contributed by atoms with van der Waals surface area (Å²) in [6.07, 6.45) is 1.55. The summed E-state index contributed by atoms with van der Waals surface area (Å²) in [5.41, 5.74) is 2.33. The molecule has 0 unspecified atom stereocenters. The van der Waals surface area contributed by atoms with Gasteiger partial charge >= 0.3 is 5.69 Å². The van der Waals surface area contributed by atoms with Gasteiger partial charge in [0.25, 0.3) is 0 Å². The number of nitrogens with zero attached hydrogens (tertiary/aromatic N) is 5. The van der Waals surface area contributed by atoms with Crippen LogP contribution in [0.25, 0.3) is 11.1 Å². The molecular weight excluding hydrogens is 362 g/mol. The quantitative estimate of drug-likeness (QED) is 0.506. The van der Waals surface area contributed by atoms with Crippen molar-refractivity contribution in [3.8, 4) is 0 Å². The Hall–Kier alpha value is -3.23. The Labute approximate surface area is 161 Å². The SMILES string of the molecule is Cc1nn(CC(=O)N2CCC(c3nc4ccccc4o3)CC2)c(C)c1[N+](=O)[O-]. The lowest BCUT2D eigenvalue weighted by atomic mass is 9.97. The zero-order chi connectivity index (χ0) is 19.8. The average Bonchev–Trinajstić information content (AvgIpc) is 3.22. The third-order valence-electron chi connectivity index (χ3n) is 5.32. The van der Waals surface area contributed by atoms with Gasteiger partial charge in [0.1, 0.15) is 23.4 Å². The van der Waals surface area contributed by atoms with E-state index in [-0.39, 0.29) is 24.1 Å². The lowest BCUT2D eigenvalue weighted by Gasteiger charge is -2.30. The van der Waals surface area contributed by atoms with Crippen molar-refractivity contribution in [3.05, 3.63) is 51.7 Å². The highest BCUT2D eigenvalue weighted by molar-refractivity contribution is 5.76. The number of benzene rings is 1. The zero-order valence-electron chi connectivity index (χ0n) is 15.8. The summed E-state index contributed by atoms with van der Waals surface area (Å²) >= 11 is 0. The number of amides is 1. The van der Waals surface area contributed by atoms with E-state index < -0.39 is 4.92 Å². The highest BCUT2D eigenvalue weighted by Gasteiger charge is 2.29. The van der Waals surface area contributed by atoms with Crippen LogP contribution >= 0.6 is 0 Å². The fourth-order valence-corrected chi connectivity index (χ4v) is 3.77. The Morgan fingerprint density at radius 2 is 2.00 bits per heavy atom. The fraction of sp³-hybridized carbons (Fsp3) is 0.421. The highest BCUT2D eigenvalue weighted by Crippen LogP contribution is 2.30. The molecule has 0 saturated carbocycles. The van der Waals surface area contributed by atoms with Crippen LogP contribution in [0.2, 0.25) is 0 Å². The number of oxazole rings is 1. The van der Waals surface area contributed by atoms with Gasteiger partial charge in [-0.3, -0.25) is 19.6 Å². The van der Waals surface area contributed by atoms with Gasteiger partial charge in [-0.15, -0.1) is 0 Å². The van der Waals surface area contributed by atoms with Crippen LogP contribution in [0.15, 0.2) is 28.7 Å². The second-order valence-corrected chi connectivity index (χ2v) is 7.11. The van der Waals surface area contributed by atoms with Gasteiger partial charge in [0, 0.05) is 19.0 Å². The van der Waals surface area contributed by atoms with Crippen LogP contribution in [0.4, 0.5) is 5.69 Å². The van der Waals surface area contributed by atoms with E-state index in [1.54, 1.807) is 18.7 Å². The van der Waals surface area contributed by atoms with Crippen molar-refractivity contribution in [2.45, 2.75) is 39.2 Å². The molecule has 0 bridgehead atoms. The van der Waals surface area contributed by atoms with Crippen molar-refractivity contribution in [1.82, 2.24) is 19.7 Å². The van der Waals surface area contributed by atoms with Gasteiger partial charge in [-0.1, -0.05) is 12.1 Å². The van der Waals surface area contributed by atoms with E-state index in [1.165, 1.54) is 4.68 Å². The maximum absolute atomic E-state index is 12.7. The van der Waals surface area contributed by atoms with Gasteiger partial charge in [0.2, 0.25) is 5.91 Å². The summed E-state index contributed by atoms with van der Waals surface area (Å²) in [7, 11) is 0. The van der Waals surface area contributed by atoms with Crippen LogP contribution in [0, 0.1) is 24.0 Å². The molecule has 1 fully saturated rings. The molecule has 28 heavy (non-hydrogen) atoms. The van der Waals surface area contributed by atoms with Gasteiger partial charge < -0.3 is 9.32 Å². The third-order valence-corrected chi connectivity index (χ3v) is 5.32. The zero-order valence-corrected chi connectivity index (χ0v) is 15.8. The van der Waals surface area contributed by atoms with Gasteiger partial charge in [-0.2, -0.15) is 5.10 Å². The number of aryl methyl sites for hydroxylation is 1. The van der Waals surface area contributed by atoms with E-state index in [4.69, 9.17) is 4.42 Å². The molecule has 1 aliphatic rings. The van der Waals surface area contributed by atoms with Crippen molar-refractivity contribution in [2.24, 2.45) is 0 Å². The van der Waals surface area contributed by atoms with Gasteiger partial charge in [0.15, 0.2) is 11.5 Å². The lowest BCUT2D eigenvalue weighted by Crippen LogP contribution is -2.40. The predicted octanol–water partition coefficient (Wildman–Crippen LogP) is 2.96. The van der Waals surface area contributed by atoms with E-state index >= 15 is 0 Å². The normalized spacial score (nSPS) is 15.3. The van der Waals surface area contributed by atoms with Gasteiger partial charge in [0.05, 0.1) is 4.92 Å². The van der Waals surface area contributed by atoms with Crippen molar-refractivity contribution < 1.29 is 14.1 Å². The topological polar surface area (TPSA) is 107 Å². The summed E-state index contributed by atoms with van der Waals surface area (Å²) in [5, 5.41) is 15.3. The van der Waals surface area contributed by atoms with Gasteiger partial charge in [-0.25, -0.2) is 4.98 Å². The molecule has 1 saturated heterocycles. The minimum atomic E-state index is -0.454. The van der Waals surface area contributed by atoms with Crippen molar-refractivity contribution in [2.75, 3.05) is 13.1 Å². The Balaban J connectivity index is 1.40. The number of carbonyl (C=O) groups is 1. The number of hydrogen-bond donors (Lipinski definition) is 0. The molecule has 1 aromatic carbocycles. The first-order valence-corrected chi connectivity index (χ1v) is 9.25. The first kappa shape index (κ1) is 18.1. The van der Waals surface area contributed by atoms with Crippen LogP contribution in [-0.2, 0) is 11.3 Å². The highest BCUT2D eigenvalue weighted by atomic mass is 16.6. The number of nitro groups is 1. The summed E-state index contributed by atoms with van der Waals surface area (Å²) < 4.78 is 7.28.